The summed E-state index contributed by atoms with van der Waals surface area (Å²) < 4.78 is 18.1. The highest BCUT2D eigenvalue weighted by Crippen LogP contribution is 2.42. The number of hydrogen-bond acceptors (Lipinski definition) is 3. The lowest BCUT2D eigenvalue weighted by molar-refractivity contribution is 0.592. The first-order valence-corrected chi connectivity index (χ1v) is 14.4. The monoisotopic (exact) mass is 500 g/mol. The maximum Gasteiger partial charge on any atom is 0.171 e. The molecular weight excluding hydrogens is 479 g/mol. The van der Waals surface area contributed by atoms with Crippen molar-refractivity contribution in [2.24, 2.45) is 0 Å². The molecule has 0 aliphatic carbocycles. The molecule has 4 aromatic carbocycles. The molecule has 3 nitrogen and oxygen atoms in total. The molecule has 0 saturated carbocycles. The van der Waals surface area contributed by atoms with Gasteiger partial charge in [0.2, 0.25) is 0 Å². The maximum absolute atomic E-state index is 14.6. The predicted octanol–water partition coefficient (Wildman–Crippen LogP) is 7.01. The number of benzene rings is 4. The zero-order valence-electron chi connectivity index (χ0n) is 19.3. The summed E-state index contributed by atoms with van der Waals surface area (Å²) in [7, 11) is -2.98. The fourth-order valence-electron chi connectivity index (χ4n) is 4.91. The summed E-state index contributed by atoms with van der Waals surface area (Å²) in [6.07, 6.45) is 2.16. The Hall–Kier alpha value is -3.98. The molecule has 7 aromatic rings. The Labute approximate surface area is 212 Å². The topological polar surface area (TPSA) is 34.4 Å². The van der Waals surface area contributed by atoms with Crippen LogP contribution in [-0.2, 0) is 4.57 Å². The molecule has 172 valence electrons. The van der Waals surface area contributed by atoms with E-state index in [1.54, 1.807) is 11.3 Å². The van der Waals surface area contributed by atoms with Gasteiger partial charge < -0.3 is 4.57 Å². The fraction of sp³-hybridized carbons (Fsp3) is 0. The van der Waals surface area contributed by atoms with Gasteiger partial charge >= 0.3 is 0 Å². The van der Waals surface area contributed by atoms with Crippen LogP contribution in [0.5, 0.6) is 0 Å². The van der Waals surface area contributed by atoms with Crippen LogP contribution < -0.4 is 15.9 Å². The highest BCUT2D eigenvalue weighted by Gasteiger charge is 2.29. The van der Waals surface area contributed by atoms with Crippen molar-refractivity contribution in [3.63, 3.8) is 0 Å². The van der Waals surface area contributed by atoms with E-state index < -0.39 is 7.14 Å². The molecule has 0 amide bonds. The summed E-state index contributed by atoms with van der Waals surface area (Å²) in [5.41, 5.74) is 4.17. The second-order valence-electron chi connectivity index (χ2n) is 8.84. The van der Waals surface area contributed by atoms with Crippen molar-refractivity contribution in [3.8, 4) is 11.1 Å². The fourth-order valence-corrected chi connectivity index (χ4v) is 8.68. The number of fused-ring (bicyclic) bond motifs is 5. The first kappa shape index (κ1) is 21.3. The Bertz CT molecular complexity index is 1860. The van der Waals surface area contributed by atoms with E-state index in [2.05, 4.69) is 59.1 Å². The summed E-state index contributed by atoms with van der Waals surface area (Å²) in [4.78, 5) is 6.04. The molecule has 0 N–H and O–H groups in total. The molecule has 0 fully saturated rings. The Morgan fingerprint density at radius 3 is 1.89 bits per heavy atom. The van der Waals surface area contributed by atoms with Crippen molar-refractivity contribution < 1.29 is 4.57 Å². The van der Waals surface area contributed by atoms with Crippen LogP contribution >= 0.6 is 18.5 Å². The lowest BCUT2D eigenvalue weighted by Gasteiger charge is -2.20. The third-order valence-electron chi connectivity index (χ3n) is 6.73. The normalized spacial score (nSPS) is 12.0. The van der Waals surface area contributed by atoms with Gasteiger partial charge in [0.15, 0.2) is 7.14 Å². The van der Waals surface area contributed by atoms with E-state index in [0.29, 0.717) is 0 Å². The first-order chi connectivity index (χ1) is 17.7. The van der Waals surface area contributed by atoms with Gasteiger partial charge in [0.05, 0.1) is 0 Å². The van der Waals surface area contributed by atoms with Gasteiger partial charge in [0, 0.05) is 32.2 Å². The Morgan fingerprint density at radius 1 is 0.611 bits per heavy atom. The van der Waals surface area contributed by atoms with Crippen LogP contribution in [0.4, 0.5) is 0 Å². The molecule has 0 unspecified atom stereocenters. The second kappa shape index (κ2) is 8.30. The smallest absolute Gasteiger partial charge is 0.171 e. The number of hydrogen-bond donors (Lipinski definition) is 0. The van der Waals surface area contributed by atoms with E-state index in [1.165, 1.54) is 10.1 Å². The standard InChI is InChI=1S/C31H21N2OPS/c34-35(24-9-3-1-4-10-24,25-11-5-2-6-12-25)26-18-15-22(16-19-26)23-17-20-29-32-30-27-13-7-8-14-28(27)36-31(30)33(29)21-23/h1-21H. The average Bonchev–Trinajstić information content (AvgIpc) is 3.49. The van der Waals surface area contributed by atoms with Gasteiger partial charge in [-0.2, -0.15) is 0 Å². The molecule has 0 atom stereocenters. The third-order valence-corrected chi connectivity index (χ3v) is 11.0. The van der Waals surface area contributed by atoms with Crippen LogP contribution in [0.25, 0.3) is 37.2 Å². The number of pyridine rings is 1. The van der Waals surface area contributed by atoms with E-state index in [9.17, 15) is 4.57 Å². The van der Waals surface area contributed by atoms with E-state index >= 15 is 0 Å². The van der Waals surface area contributed by atoms with Gasteiger partial charge in [-0.15, -0.1) is 11.3 Å². The first-order valence-electron chi connectivity index (χ1n) is 11.8. The second-order valence-corrected chi connectivity index (χ2v) is 12.6. The molecule has 0 aliphatic rings. The molecule has 3 heterocycles. The number of aromatic nitrogens is 2. The van der Waals surface area contributed by atoms with Gasteiger partial charge in [-0.1, -0.05) is 103 Å². The number of rotatable bonds is 4. The lowest BCUT2D eigenvalue weighted by atomic mass is 10.1. The van der Waals surface area contributed by atoms with Gasteiger partial charge in [-0.05, 0) is 29.3 Å². The Kier molecular flexibility index (Phi) is 4.92. The largest absolute Gasteiger partial charge is 0.309 e. The zero-order chi connectivity index (χ0) is 24.1. The molecule has 0 spiro atoms. The van der Waals surface area contributed by atoms with Crippen LogP contribution in [-0.4, -0.2) is 9.38 Å². The highest BCUT2D eigenvalue weighted by atomic mass is 32.1. The van der Waals surface area contributed by atoms with E-state index in [4.69, 9.17) is 4.98 Å². The SMILES string of the molecule is O=P(c1ccccc1)(c1ccccc1)c1ccc(-c2ccc3nc4c5ccccc5sc4n3c2)cc1. The van der Waals surface area contributed by atoms with Crippen LogP contribution in [0, 0.1) is 0 Å². The molecule has 5 heteroatoms. The van der Waals surface area contributed by atoms with Crippen molar-refractivity contribution in [2.75, 3.05) is 0 Å². The molecular formula is C31H21N2OPS. The average molecular weight is 501 g/mol. The van der Waals surface area contributed by atoms with Crippen molar-refractivity contribution in [2.45, 2.75) is 0 Å². The van der Waals surface area contributed by atoms with Crippen LogP contribution in [0.15, 0.2) is 128 Å². The molecule has 7 rings (SSSR count). The minimum Gasteiger partial charge on any atom is -0.309 e. The van der Waals surface area contributed by atoms with Gasteiger partial charge in [0.25, 0.3) is 0 Å². The van der Waals surface area contributed by atoms with Crippen LogP contribution in [0.2, 0.25) is 0 Å². The van der Waals surface area contributed by atoms with Crippen molar-refractivity contribution in [3.05, 3.63) is 128 Å². The van der Waals surface area contributed by atoms with Crippen molar-refractivity contribution in [1.82, 2.24) is 9.38 Å². The number of thiophene rings is 1. The van der Waals surface area contributed by atoms with Gasteiger partial charge in [-0.25, -0.2) is 4.98 Å². The van der Waals surface area contributed by atoms with Crippen LogP contribution in [0.3, 0.4) is 0 Å². The zero-order valence-corrected chi connectivity index (χ0v) is 21.0. The summed E-state index contributed by atoms with van der Waals surface area (Å²) in [5, 5.41) is 3.72. The quantitative estimate of drug-likeness (QED) is 0.244. The Balaban J connectivity index is 1.34. The van der Waals surface area contributed by atoms with E-state index in [-0.39, 0.29) is 0 Å². The molecule has 0 saturated heterocycles. The summed E-state index contributed by atoms with van der Waals surface area (Å²) in [5.74, 6) is 0. The predicted molar refractivity (Wildman–Crippen MR) is 153 cm³/mol. The molecule has 3 aromatic heterocycles. The lowest BCUT2D eigenvalue weighted by Crippen LogP contribution is -2.24. The maximum atomic E-state index is 14.6. The molecule has 0 bridgehead atoms. The Morgan fingerprint density at radius 2 is 1.19 bits per heavy atom. The van der Waals surface area contributed by atoms with Crippen molar-refractivity contribution in [1.29, 1.82) is 0 Å². The van der Waals surface area contributed by atoms with E-state index in [0.717, 1.165) is 43.0 Å². The summed E-state index contributed by atoms with van der Waals surface area (Å²) >= 11 is 1.77. The summed E-state index contributed by atoms with van der Waals surface area (Å²) in [6.45, 7) is 0. The van der Waals surface area contributed by atoms with Crippen molar-refractivity contribution >= 4 is 60.5 Å². The number of imidazole rings is 1. The minimum absolute atomic E-state index is 0.833. The summed E-state index contributed by atoms with van der Waals surface area (Å²) in [6, 6.07) is 40.4. The highest BCUT2D eigenvalue weighted by molar-refractivity contribution is 7.85. The molecule has 0 radical (unpaired) electrons. The van der Waals surface area contributed by atoms with Crippen LogP contribution in [0.1, 0.15) is 0 Å². The van der Waals surface area contributed by atoms with E-state index in [1.807, 2.05) is 72.8 Å². The number of nitrogens with zero attached hydrogens (tertiary/aromatic N) is 2. The molecule has 0 aliphatic heterocycles. The minimum atomic E-state index is -2.98. The van der Waals surface area contributed by atoms with Gasteiger partial charge in [0.1, 0.15) is 16.0 Å². The van der Waals surface area contributed by atoms with Gasteiger partial charge in [-0.3, -0.25) is 4.40 Å². The molecule has 36 heavy (non-hydrogen) atoms. The third kappa shape index (κ3) is 3.26.